The molecule has 142 valence electrons. The van der Waals surface area contributed by atoms with E-state index in [1.165, 1.54) is 11.3 Å². The van der Waals surface area contributed by atoms with Gasteiger partial charge in [-0.15, -0.1) is 16.4 Å². The maximum Gasteiger partial charge on any atom is 0.252 e. The second-order valence-corrected chi connectivity index (χ2v) is 7.76. The summed E-state index contributed by atoms with van der Waals surface area (Å²) in [5.74, 6) is 1.37. The van der Waals surface area contributed by atoms with E-state index >= 15 is 0 Å². The van der Waals surface area contributed by atoms with Crippen LogP contribution in [-0.2, 0) is 6.42 Å². The van der Waals surface area contributed by atoms with E-state index in [2.05, 4.69) is 31.3 Å². The first kappa shape index (κ1) is 18.6. The van der Waals surface area contributed by atoms with E-state index in [-0.39, 0.29) is 5.91 Å². The first-order chi connectivity index (χ1) is 13.7. The van der Waals surface area contributed by atoms with E-state index in [1.54, 1.807) is 13.2 Å². The molecule has 2 heterocycles. The van der Waals surface area contributed by atoms with Crippen LogP contribution in [0.1, 0.15) is 16.1 Å². The molecular weight excluding hydrogens is 440 g/mol. The zero-order chi connectivity index (χ0) is 19.5. The Balaban J connectivity index is 1.45. The first-order valence-corrected chi connectivity index (χ1v) is 10.3. The van der Waals surface area contributed by atoms with Gasteiger partial charge in [-0.2, -0.15) is 4.98 Å². The minimum Gasteiger partial charge on any atom is -0.497 e. The summed E-state index contributed by atoms with van der Waals surface area (Å²) < 4.78 is 7.81. The van der Waals surface area contributed by atoms with E-state index in [9.17, 15) is 4.79 Å². The van der Waals surface area contributed by atoms with E-state index < -0.39 is 0 Å². The fraction of sp³-hybridized carbons (Fsp3) is 0.150. The summed E-state index contributed by atoms with van der Waals surface area (Å²) in [7, 11) is 1.64. The minimum atomic E-state index is -0.100. The van der Waals surface area contributed by atoms with Crippen molar-refractivity contribution in [2.75, 3.05) is 13.7 Å². The van der Waals surface area contributed by atoms with Crippen LogP contribution in [0.4, 0.5) is 0 Å². The number of benzene rings is 2. The molecule has 0 aliphatic heterocycles. The number of amides is 1. The Kier molecular flexibility index (Phi) is 5.40. The highest BCUT2D eigenvalue weighted by Gasteiger charge is 2.13. The van der Waals surface area contributed by atoms with Crippen LogP contribution in [0.25, 0.3) is 16.3 Å². The summed E-state index contributed by atoms with van der Waals surface area (Å²) in [6.45, 7) is 0.518. The van der Waals surface area contributed by atoms with Crippen molar-refractivity contribution < 1.29 is 9.53 Å². The number of rotatable bonds is 6. The van der Waals surface area contributed by atoms with E-state index in [0.717, 1.165) is 26.4 Å². The maximum atomic E-state index is 12.3. The second kappa shape index (κ2) is 8.12. The molecule has 0 spiro atoms. The molecule has 8 heteroatoms. The normalized spacial score (nSPS) is 10.9. The van der Waals surface area contributed by atoms with Crippen LogP contribution in [-0.4, -0.2) is 34.2 Å². The summed E-state index contributed by atoms with van der Waals surface area (Å²) in [6, 6.07) is 15.0. The Labute approximate surface area is 174 Å². The van der Waals surface area contributed by atoms with Crippen molar-refractivity contribution in [1.82, 2.24) is 19.9 Å². The van der Waals surface area contributed by atoms with E-state index in [0.29, 0.717) is 24.4 Å². The number of thiazole rings is 1. The average Bonchev–Trinajstić information content (AvgIpc) is 3.30. The number of nitrogens with one attached hydrogen (secondary N) is 1. The number of methoxy groups -OCH3 is 1. The quantitative estimate of drug-likeness (QED) is 0.471. The van der Waals surface area contributed by atoms with Crippen molar-refractivity contribution in [1.29, 1.82) is 0 Å². The lowest BCUT2D eigenvalue weighted by Crippen LogP contribution is -2.26. The lowest BCUT2D eigenvalue weighted by Gasteiger charge is -2.06. The second-order valence-electron chi connectivity index (χ2n) is 6.07. The standard InChI is InChI=1S/C20H17BrN4O2S/c1-27-15-8-6-13(7-9-15)18-23-20-25(24-18)14(12-28-20)10-11-22-19(26)16-4-2-3-5-17(16)21/h2-9,12H,10-11H2,1H3,(H,22,26). The highest BCUT2D eigenvalue weighted by molar-refractivity contribution is 9.10. The summed E-state index contributed by atoms with van der Waals surface area (Å²) in [6.07, 6.45) is 0.668. The van der Waals surface area contributed by atoms with Gasteiger partial charge < -0.3 is 10.1 Å². The van der Waals surface area contributed by atoms with E-state index in [4.69, 9.17) is 4.74 Å². The first-order valence-electron chi connectivity index (χ1n) is 8.66. The van der Waals surface area contributed by atoms with Crippen molar-refractivity contribution >= 4 is 38.1 Å². The van der Waals surface area contributed by atoms with Crippen LogP contribution in [0.3, 0.4) is 0 Å². The van der Waals surface area contributed by atoms with Crippen LogP contribution < -0.4 is 10.1 Å². The number of nitrogens with zero attached hydrogens (tertiary/aromatic N) is 3. The highest BCUT2D eigenvalue weighted by atomic mass is 79.9. The third-order valence-electron chi connectivity index (χ3n) is 4.28. The number of fused-ring (bicyclic) bond motifs is 1. The zero-order valence-corrected chi connectivity index (χ0v) is 17.5. The molecule has 0 saturated carbocycles. The molecule has 2 aromatic heterocycles. The smallest absolute Gasteiger partial charge is 0.252 e. The Morgan fingerprint density at radius 1 is 1.21 bits per heavy atom. The third kappa shape index (κ3) is 3.79. The van der Waals surface area contributed by atoms with Gasteiger partial charge in [-0.05, 0) is 52.3 Å². The molecule has 0 aliphatic carbocycles. The number of aromatic nitrogens is 3. The number of hydrogen-bond acceptors (Lipinski definition) is 5. The fourth-order valence-electron chi connectivity index (χ4n) is 2.80. The van der Waals surface area contributed by atoms with Gasteiger partial charge in [-0.25, -0.2) is 4.52 Å². The van der Waals surface area contributed by atoms with Crippen molar-refractivity contribution in [2.24, 2.45) is 0 Å². The summed E-state index contributed by atoms with van der Waals surface area (Å²) in [5, 5.41) is 9.60. The Morgan fingerprint density at radius 2 is 2.00 bits per heavy atom. The molecular formula is C20H17BrN4O2S. The van der Waals surface area contributed by atoms with Gasteiger partial charge in [-0.1, -0.05) is 12.1 Å². The number of hydrogen-bond donors (Lipinski definition) is 1. The van der Waals surface area contributed by atoms with Gasteiger partial charge >= 0.3 is 0 Å². The molecule has 0 aliphatic rings. The molecule has 0 unspecified atom stereocenters. The monoisotopic (exact) mass is 456 g/mol. The van der Waals surface area contributed by atoms with Gasteiger partial charge in [0.1, 0.15) is 5.75 Å². The largest absolute Gasteiger partial charge is 0.497 e. The molecule has 4 rings (SSSR count). The summed E-state index contributed by atoms with van der Waals surface area (Å²) >= 11 is 4.94. The summed E-state index contributed by atoms with van der Waals surface area (Å²) in [4.78, 5) is 17.7. The van der Waals surface area contributed by atoms with Crippen LogP contribution in [0, 0.1) is 0 Å². The van der Waals surface area contributed by atoms with Crippen LogP contribution in [0.5, 0.6) is 5.75 Å². The predicted octanol–water partition coefficient (Wildman–Crippen LogP) is 4.20. The van der Waals surface area contributed by atoms with Crippen LogP contribution >= 0.6 is 27.3 Å². The van der Waals surface area contributed by atoms with Crippen molar-refractivity contribution in [3.63, 3.8) is 0 Å². The number of carbonyl (C=O) groups is 1. The lowest BCUT2D eigenvalue weighted by molar-refractivity contribution is 0.0953. The van der Waals surface area contributed by atoms with Crippen molar-refractivity contribution in [3.8, 4) is 17.1 Å². The minimum absolute atomic E-state index is 0.100. The summed E-state index contributed by atoms with van der Waals surface area (Å²) in [5.41, 5.74) is 2.57. The molecule has 0 fully saturated rings. The molecule has 6 nitrogen and oxygen atoms in total. The molecule has 0 saturated heterocycles. The SMILES string of the molecule is COc1ccc(-c2nc3scc(CCNC(=O)c4ccccc4Br)n3n2)cc1. The van der Waals surface area contributed by atoms with Gasteiger partial charge in [0.15, 0.2) is 5.82 Å². The predicted molar refractivity (Wildman–Crippen MR) is 113 cm³/mol. The highest BCUT2D eigenvalue weighted by Crippen LogP contribution is 2.23. The topological polar surface area (TPSA) is 68.5 Å². The van der Waals surface area contributed by atoms with Gasteiger partial charge in [0.05, 0.1) is 18.4 Å². The number of halogens is 1. The molecule has 0 radical (unpaired) electrons. The Hall–Kier alpha value is -2.71. The lowest BCUT2D eigenvalue weighted by atomic mass is 10.2. The average molecular weight is 457 g/mol. The van der Waals surface area contributed by atoms with Gasteiger partial charge in [0, 0.05) is 28.4 Å². The van der Waals surface area contributed by atoms with Crippen molar-refractivity contribution in [2.45, 2.75) is 6.42 Å². The molecule has 0 atom stereocenters. The number of ether oxygens (including phenoxy) is 1. The fourth-order valence-corrected chi connectivity index (χ4v) is 4.12. The number of carbonyl (C=O) groups excluding carboxylic acids is 1. The zero-order valence-electron chi connectivity index (χ0n) is 15.1. The molecule has 4 aromatic rings. The molecule has 28 heavy (non-hydrogen) atoms. The Morgan fingerprint density at radius 3 is 2.75 bits per heavy atom. The van der Waals surface area contributed by atoms with E-state index in [1.807, 2.05) is 52.4 Å². The van der Waals surface area contributed by atoms with Gasteiger partial charge in [0.25, 0.3) is 5.91 Å². The third-order valence-corrected chi connectivity index (χ3v) is 5.84. The molecule has 1 N–H and O–H groups in total. The van der Waals surface area contributed by atoms with Crippen LogP contribution in [0.2, 0.25) is 0 Å². The Bertz CT molecular complexity index is 1120. The molecule has 1 amide bonds. The molecule has 2 aromatic carbocycles. The van der Waals surface area contributed by atoms with Gasteiger partial charge in [0.2, 0.25) is 4.96 Å². The van der Waals surface area contributed by atoms with Gasteiger partial charge in [-0.3, -0.25) is 4.79 Å². The van der Waals surface area contributed by atoms with Crippen molar-refractivity contribution in [3.05, 3.63) is 69.6 Å². The van der Waals surface area contributed by atoms with Crippen LogP contribution in [0.15, 0.2) is 58.4 Å². The molecule has 0 bridgehead atoms. The maximum absolute atomic E-state index is 12.3.